The molecule has 1 aromatic carbocycles. The van der Waals surface area contributed by atoms with Crippen molar-refractivity contribution >= 4 is 5.69 Å². The summed E-state index contributed by atoms with van der Waals surface area (Å²) >= 11 is 0. The molecule has 0 N–H and O–H groups in total. The van der Waals surface area contributed by atoms with E-state index in [0.29, 0.717) is 0 Å². The highest BCUT2D eigenvalue weighted by Crippen LogP contribution is 2.21. The molecule has 0 radical (unpaired) electrons. The van der Waals surface area contributed by atoms with Crippen LogP contribution in [0.1, 0.15) is 32.3 Å². The number of rotatable bonds is 4. The summed E-state index contributed by atoms with van der Waals surface area (Å²) in [5.41, 5.74) is 3.56. The van der Waals surface area contributed by atoms with Crippen LogP contribution in [0.15, 0.2) is 46.3 Å². The molecule has 3 nitrogen and oxygen atoms in total. The molecule has 0 bridgehead atoms. The Morgan fingerprint density at radius 3 is 2.67 bits per heavy atom. The van der Waals surface area contributed by atoms with Gasteiger partial charge in [0.2, 0.25) is 0 Å². The lowest BCUT2D eigenvalue weighted by molar-refractivity contribution is 0.336. The van der Waals surface area contributed by atoms with Gasteiger partial charge in [-0.1, -0.05) is 35.1 Å². The van der Waals surface area contributed by atoms with Gasteiger partial charge in [-0.05, 0) is 44.7 Å². The lowest BCUT2D eigenvalue weighted by Gasteiger charge is -2.08. The normalized spacial score (nSPS) is 15.3. The molecule has 1 aliphatic heterocycles. The summed E-state index contributed by atoms with van der Waals surface area (Å²) in [6.45, 7) is 6.32. The fraction of sp³-hybridized carbons (Fsp3) is 0.467. The molecule has 0 aromatic heterocycles. The van der Waals surface area contributed by atoms with Crippen LogP contribution in [0.3, 0.4) is 0 Å². The van der Waals surface area contributed by atoms with Crippen LogP contribution in [0.25, 0.3) is 0 Å². The van der Waals surface area contributed by atoms with Crippen LogP contribution in [0.2, 0.25) is 0 Å². The molecule has 1 aromatic rings. The van der Waals surface area contributed by atoms with Crippen molar-refractivity contribution in [2.24, 2.45) is 10.3 Å². The Morgan fingerprint density at radius 1 is 1.22 bits per heavy atom. The van der Waals surface area contributed by atoms with Crippen molar-refractivity contribution in [1.82, 2.24) is 5.01 Å². The Bertz CT molecular complexity index is 439. The van der Waals surface area contributed by atoms with Crippen LogP contribution in [-0.2, 0) is 6.42 Å². The van der Waals surface area contributed by atoms with E-state index in [1.807, 2.05) is 12.1 Å². The maximum absolute atomic E-state index is 4.39. The van der Waals surface area contributed by atoms with Crippen LogP contribution < -0.4 is 0 Å². The first-order chi connectivity index (χ1) is 8.75. The van der Waals surface area contributed by atoms with Gasteiger partial charge < -0.3 is 0 Å². The van der Waals surface area contributed by atoms with E-state index >= 15 is 0 Å². The van der Waals surface area contributed by atoms with Crippen LogP contribution in [0.4, 0.5) is 5.69 Å². The summed E-state index contributed by atoms with van der Waals surface area (Å²) in [5.74, 6) is 0. The first-order valence-electron chi connectivity index (χ1n) is 6.63. The SMILES string of the molecule is CC(C)=CCc1ccccc1N=NN1CCCC1. The average molecular weight is 243 g/mol. The highest BCUT2D eigenvalue weighted by atomic mass is 15.5. The summed E-state index contributed by atoms with van der Waals surface area (Å²) in [7, 11) is 0. The van der Waals surface area contributed by atoms with Gasteiger partial charge in [0.1, 0.15) is 0 Å². The minimum Gasteiger partial charge on any atom is -0.278 e. The largest absolute Gasteiger partial charge is 0.278 e. The van der Waals surface area contributed by atoms with E-state index in [1.54, 1.807) is 0 Å². The van der Waals surface area contributed by atoms with Crippen molar-refractivity contribution in [1.29, 1.82) is 0 Å². The van der Waals surface area contributed by atoms with Gasteiger partial charge in [-0.25, -0.2) is 0 Å². The third kappa shape index (κ3) is 3.69. The molecular formula is C15H21N3. The third-order valence-corrected chi connectivity index (χ3v) is 3.08. The van der Waals surface area contributed by atoms with Crippen molar-refractivity contribution in [3.05, 3.63) is 41.5 Å². The first-order valence-corrected chi connectivity index (χ1v) is 6.63. The molecule has 1 aliphatic rings. The monoisotopic (exact) mass is 243 g/mol. The molecular weight excluding hydrogens is 222 g/mol. The van der Waals surface area contributed by atoms with Gasteiger partial charge in [-0.2, -0.15) is 0 Å². The van der Waals surface area contributed by atoms with E-state index in [9.17, 15) is 0 Å². The zero-order valence-corrected chi connectivity index (χ0v) is 11.3. The Labute approximate surface area is 109 Å². The topological polar surface area (TPSA) is 28.0 Å². The molecule has 0 atom stereocenters. The van der Waals surface area contributed by atoms with Crippen molar-refractivity contribution in [3.8, 4) is 0 Å². The minimum atomic E-state index is 0.928. The van der Waals surface area contributed by atoms with E-state index in [4.69, 9.17) is 0 Å². The lowest BCUT2D eigenvalue weighted by atomic mass is 10.1. The molecule has 0 amide bonds. The molecule has 96 valence electrons. The third-order valence-electron chi connectivity index (χ3n) is 3.08. The second-order valence-corrected chi connectivity index (χ2v) is 4.96. The van der Waals surface area contributed by atoms with E-state index in [-0.39, 0.29) is 0 Å². The number of hydrogen-bond acceptors (Lipinski definition) is 2. The van der Waals surface area contributed by atoms with Gasteiger partial charge in [-0.15, -0.1) is 5.11 Å². The number of allylic oxidation sites excluding steroid dienone is 2. The van der Waals surface area contributed by atoms with Gasteiger partial charge in [0.25, 0.3) is 0 Å². The van der Waals surface area contributed by atoms with Crippen LogP contribution in [-0.4, -0.2) is 18.1 Å². The first kappa shape index (κ1) is 12.8. The molecule has 3 heteroatoms. The van der Waals surface area contributed by atoms with Crippen LogP contribution in [0, 0.1) is 0 Å². The van der Waals surface area contributed by atoms with E-state index in [1.165, 1.54) is 24.0 Å². The predicted octanol–water partition coefficient (Wildman–Crippen LogP) is 4.29. The fourth-order valence-electron chi connectivity index (χ4n) is 2.00. The maximum Gasteiger partial charge on any atom is 0.0909 e. The Morgan fingerprint density at radius 2 is 1.94 bits per heavy atom. The quantitative estimate of drug-likeness (QED) is 0.572. The second-order valence-electron chi connectivity index (χ2n) is 4.96. The van der Waals surface area contributed by atoms with E-state index < -0.39 is 0 Å². The summed E-state index contributed by atoms with van der Waals surface area (Å²) < 4.78 is 0. The molecule has 1 heterocycles. The molecule has 1 fully saturated rings. The molecule has 2 rings (SSSR count). The molecule has 0 saturated carbocycles. The number of hydrogen-bond donors (Lipinski definition) is 0. The fourth-order valence-corrected chi connectivity index (χ4v) is 2.00. The Balaban J connectivity index is 2.08. The maximum atomic E-state index is 4.39. The van der Waals surface area contributed by atoms with E-state index in [0.717, 1.165) is 25.2 Å². The Hall–Kier alpha value is -1.64. The van der Waals surface area contributed by atoms with Crippen LogP contribution >= 0.6 is 0 Å². The van der Waals surface area contributed by atoms with Crippen molar-refractivity contribution in [2.75, 3.05) is 13.1 Å². The van der Waals surface area contributed by atoms with E-state index in [2.05, 4.69) is 47.4 Å². The molecule has 1 saturated heterocycles. The van der Waals surface area contributed by atoms with Gasteiger partial charge in [-0.3, -0.25) is 5.01 Å². The summed E-state index contributed by atoms with van der Waals surface area (Å²) in [5, 5.41) is 10.8. The summed E-state index contributed by atoms with van der Waals surface area (Å²) in [4.78, 5) is 0. The molecule has 18 heavy (non-hydrogen) atoms. The van der Waals surface area contributed by atoms with Crippen LogP contribution in [0.5, 0.6) is 0 Å². The molecule has 0 aliphatic carbocycles. The van der Waals surface area contributed by atoms with Crippen molar-refractivity contribution < 1.29 is 0 Å². The van der Waals surface area contributed by atoms with Gasteiger partial charge >= 0.3 is 0 Å². The smallest absolute Gasteiger partial charge is 0.0909 e. The number of benzene rings is 1. The predicted molar refractivity (Wildman–Crippen MR) is 74.9 cm³/mol. The van der Waals surface area contributed by atoms with Crippen molar-refractivity contribution in [2.45, 2.75) is 33.1 Å². The summed E-state index contributed by atoms with van der Waals surface area (Å²) in [6, 6.07) is 8.24. The average Bonchev–Trinajstić information content (AvgIpc) is 2.88. The zero-order chi connectivity index (χ0) is 12.8. The van der Waals surface area contributed by atoms with Gasteiger partial charge in [0.15, 0.2) is 0 Å². The molecule has 0 unspecified atom stereocenters. The Kier molecular flexibility index (Phi) is 4.51. The highest BCUT2D eigenvalue weighted by Gasteiger charge is 2.08. The highest BCUT2D eigenvalue weighted by molar-refractivity contribution is 5.46. The standard InChI is InChI=1S/C15H21N3/c1-13(2)9-10-14-7-3-4-8-15(14)16-17-18-11-5-6-12-18/h3-4,7-9H,5-6,10-12H2,1-2H3. The van der Waals surface area contributed by atoms with Gasteiger partial charge in [0, 0.05) is 13.1 Å². The summed E-state index contributed by atoms with van der Waals surface area (Å²) in [6.07, 6.45) is 5.62. The second kappa shape index (κ2) is 6.34. The molecule has 0 spiro atoms. The van der Waals surface area contributed by atoms with Crippen molar-refractivity contribution in [3.63, 3.8) is 0 Å². The lowest BCUT2D eigenvalue weighted by Crippen LogP contribution is -2.09. The number of nitrogens with zero attached hydrogens (tertiary/aromatic N) is 3. The van der Waals surface area contributed by atoms with Gasteiger partial charge in [0.05, 0.1) is 5.69 Å². The minimum absolute atomic E-state index is 0.928. The zero-order valence-electron chi connectivity index (χ0n) is 11.3.